The molecule has 0 saturated heterocycles. The van der Waals surface area contributed by atoms with Crippen molar-refractivity contribution in [2.75, 3.05) is 6.54 Å². The van der Waals surface area contributed by atoms with Crippen molar-refractivity contribution in [1.82, 2.24) is 15.1 Å². The Hall–Kier alpha value is -1.35. The summed E-state index contributed by atoms with van der Waals surface area (Å²) in [4.78, 5) is 0. The summed E-state index contributed by atoms with van der Waals surface area (Å²) in [6.07, 6.45) is 3.73. The molecule has 0 unspecified atom stereocenters. The van der Waals surface area contributed by atoms with Crippen molar-refractivity contribution in [2.45, 2.75) is 38.8 Å². The summed E-state index contributed by atoms with van der Waals surface area (Å²) in [5.74, 6) is 0. The van der Waals surface area contributed by atoms with Crippen LogP contribution in [0.5, 0.6) is 0 Å². The van der Waals surface area contributed by atoms with Gasteiger partial charge in [0, 0.05) is 30.9 Å². The van der Waals surface area contributed by atoms with E-state index in [0.717, 1.165) is 25.6 Å². The number of para-hydroxylation sites is 1. The number of aryl methyl sites for hydroxylation is 1. The van der Waals surface area contributed by atoms with Gasteiger partial charge < -0.3 is 5.32 Å². The van der Waals surface area contributed by atoms with Crippen molar-refractivity contribution in [2.24, 2.45) is 0 Å². The molecule has 0 atom stereocenters. The third-order valence-electron chi connectivity index (χ3n) is 3.41. The first kappa shape index (κ1) is 10.8. The van der Waals surface area contributed by atoms with Crippen molar-refractivity contribution in [3.63, 3.8) is 0 Å². The van der Waals surface area contributed by atoms with Crippen LogP contribution in [0.1, 0.15) is 25.5 Å². The SMILES string of the molecule is CCn1nc(CCNC2CC2)c2ccccc21. The zero-order valence-electron chi connectivity index (χ0n) is 10.3. The van der Waals surface area contributed by atoms with E-state index >= 15 is 0 Å². The molecule has 1 aromatic carbocycles. The molecule has 3 nitrogen and oxygen atoms in total. The lowest BCUT2D eigenvalue weighted by atomic mass is 10.1. The molecule has 1 aliphatic carbocycles. The van der Waals surface area contributed by atoms with Gasteiger partial charge in [0.1, 0.15) is 0 Å². The number of nitrogens with one attached hydrogen (secondary N) is 1. The first-order chi connectivity index (χ1) is 8.38. The highest BCUT2D eigenvalue weighted by Gasteiger charge is 2.20. The maximum absolute atomic E-state index is 4.70. The number of rotatable bonds is 5. The predicted molar refractivity (Wildman–Crippen MR) is 70.1 cm³/mol. The van der Waals surface area contributed by atoms with E-state index in [2.05, 4.69) is 41.2 Å². The van der Waals surface area contributed by atoms with Crippen LogP contribution in [0.15, 0.2) is 24.3 Å². The Bertz CT molecular complexity index is 511. The maximum Gasteiger partial charge on any atom is 0.0716 e. The quantitative estimate of drug-likeness (QED) is 0.853. The molecule has 0 bridgehead atoms. The van der Waals surface area contributed by atoms with E-state index in [1.54, 1.807) is 0 Å². The molecule has 1 heterocycles. The van der Waals surface area contributed by atoms with Gasteiger partial charge in [0.25, 0.3) is 0 Å². The standard InChI is InChI=1S/C14H19N3/c1-2-17-14-6-4-3-5-12(14)13(16-17)9-10-15-11-7-8-11/h3-6,11,15H,2,7-10H2,1H3. The van der Waals surface area contributed by atoms with Gasteiger partial charge in [-0.1, -0.05) is 18.2 Å². The van der Waals surface area contributed by atoms with E-state index in [1.165, 1.54) is 29.4 Å². The second-order valence-electron chi connectivity index (χ2n) is 4.76. The molecule has 1 saturated carbocycles. The van der Waals surface area contributed by atoms with Gasteiger partial charge in [-0.05, 0) is 25.8 Å². The van der Waals surface area contributed by atoms with Crippen molar-refractivity contribution in [1.29, 1.82) is 0 Å². The average Bonchev–Trinajstić information content (AvgIpc) is 3.11. The van der Waals surface area contributed by atoms with Crippen molar-refractivity contribution >= 4 is 10.9 Å². The summed E-state index contributed by atoms with van der Waals surface area (Å²) in [6, 6.07) is 9.31. The van der Waals surface area contributed by atoms with Crippen LogP contribution in [0.3, 0.4) is 0 Å². The Balaban J connectivity index is 1.81. The Morgan fingerprint density at radius 1 is 1.35 bits per heavy atom. The molecule has 0 radical (unpaired) electrons. The van der Waals surface area contributed by atoms with Gasteiger partial charge in [-0.25, -0.2) is 0 Å². The van der Waals surface area contributed by atoms with E-state index < -0.39 is 0 Å². The molecule has 1 aliphatic rings. The van der Waals surface area contributed by atoms with Gasteiger partial charge in [0.05, 0.1) is 11.2 Å². The summed E-state index contributed by atoms with van der Waals surface area (Å²) in [7, 11) is 0. The van der Waals surface area contributed by atoms with Crippen LogP contribution in [0, 0.1) is 0 Å². The minimum Gasteiger partial charge on any atom is -0.314 e. The summed E-state index contributed by atoms with van der Waals surface area (Å²) < 4.78 is 2.10. The lowest BCUT2D eigenvalue weighted by molar-refractivity contribution is 0.641. The molecule has 1 fully saturated rings. The second-order valence-corrected chi connectivity index (χ2v) is 4.76. The molecule has 90 valence electrons. The first-order valence-electron chi connectivity index (χ1n) is 6.56. The number of hydrogen-bond acceptors (Lipinski definition) is 2. The molecule has 2 aromatic rings. The van der Waals surface area contributed by atoms with Crippen LogP contribution < -0.4 is 5.32 Å². The molecule has 1 aromatic heterocycles. The Morgan fingerprint density at radius 3 is 2.94 bits per heavy atom. The van der Waals surface area contributed by atoms with Crippen molar-refractivity contribution in [3.05, 3.63) is 30.0 Å². The maximum atomic E-state index is 4.70. The molecular formula is C14H19N3. The van der Waals surface area contributed by atoms with Gasteiger partial charge in [-0.2, -0.15) is 5.10 Å². The fourth-order valence-electron chi connectivity index (χ4n) is 2.30. The van der Waals surface area contributed by atoms with Crippen LogP contribution in [0.2, 0.25) is 0 Å². The predicted octanol–water partition coefficient (Wildman–Crippen LogP) is 2.35. The number of aromatic nitrogens is 2. The zero-order chi connectivity index (χ0) is 11.7. The largest absolute Gasteiger partial charge is 0.314 e. The molecule has 3 rings (SSSR count). The summed E-state index contributed by atoms with van der Waals surface area (Å²) in [5, 5.41) is 9.56. The van der Waals surface area contributed by atoms with Crippen LogP contribution in [-0.4, -0.2) is 22.4 Å². The lowest BCUT2D eigenvalue weighted by Gasteiger charge is -2.00. The summed E-state index contributed by atoms with van der Waals surface area (Å²) >= 11 is 0. The van der Waals surface area contributed by atoms with E-state index in [4.69, 9.17) is 5.10 Å². The number of fused-ring (bicyclic) bond motifs is 1. The zero-order valence-corrected chi connectivity index (χ0v) is 10.3. The molecular weight excluding hydrogens is 210 g/mol. The van der Waals surface area contributed by atoms with Gasteiger partial charge in [0.2, 0.25) is 0 Å². The van der Waals surface area contributed by atoms with Gasteiger partial charge in [0.15, 0.2) is 0 Å². The Morgan fingerprint density at radius 2 is 2.18 bits per heavy atom. The Kier molecular flexibility index (Phi) is 2.85. The highest BCUT2D eigenvalue weighted by atomic mass is 15.3. The second kappa shape index (κ2) is 4.49. The van der Waals surface area contributed by atoms with Crippen LogP contribution in [0.4, 0.5) is 0 Å². The lowest BCUT2D eigenvalue weighted by Crippen LogP contribution is -2.19. The smallest absolute Gasteiger partial charge is 0.0716 e. The number of nitrogens with zero attached hydrogens (tertiary/aromatic N) is 2. The monoisotopic (exact) mass is 229 g/mol. The fourth-order valence-corrected chi connectivity index (χ4v) is 2.30. The van der Waals surface area contributed by atoms with Crippen LogP contribution >= 0.6 is 0 Å². The van der Waals surface area contributed by atoms with Crippen LogP contribution in [-0.2, 0) is 13.0 Å². The molecule has 0 aliphatic heterocycles. The summed E-state index contributed by atoms with van der Waals surface area (Å²) in [5.41, 5.74) is 2.49. The van der Waals surface area contributed by atoms with Crippen molar-refractivity contribution in [3.8, 4) is 0 Å². The number of hydrogen-bond donors (Lipinski definition) is 1. The molecule has 0 spiro atoms. The van der Waals surface area contributed by atoms with E-state index in [0.29, 0.717) is 0 Å². The minimum absolute atomic E-state index is 0.787. The third kappa shape index (κ3) is 2.20. The van der Waals surface area contributed by atoms with E-state index in [9.17, 15) is 0 Å². The first-order valence-corrected chi connectivity index (χ1v) is 6.56. The molecule has 0 amide bonds. The number of benzene rings is 1. The highest BCUT2D eigenvalue weighted by molar-refractivity contribution is 5.81. The van der Waals surface area contributed by atoms with E-state index in [-0.39, 0.29) is 0 Å². The Labute approximate surface area is 102 Å². The highest BCUT2D eigenvalue weighted by Crippen LogP contribution is 2.20. The van der Waals surface area contributed by atoms with Gasteiger partial charge in [-0.3, -0.25) is 4.68 Å². The van der Waals surface area contributed by atoms with E-state index in [1.807, 2.05) is 0 Å². The van der Waals surface area contributed by atoms with Crippen LogP contribution in [0.25, 0.3) is 10.9 Å². The van der Waals surface area contributed by atoms with Gasteiger partial charge in [-0.15, -0.1) is 0 Å². The normalized spacial score (nSPS) is 15.6. The van der Waals surface area contributed by atoms with Crippen molar-refractivity contribution < 1.29 is 0 Å². The molecule has 1 N–H and O–H groups in total. The third-order valence-corrected chi connectivity index (χ3v) is 3.41. The molecule has 17 heavy (non-hydrogen) atoms. The summed E-state index contributed by atoms with van der Waals surface area (Å²) in [6.45, 7) is 4.14. The van der Waals surface area contributed by atoms with Gasteiger partial charge >= 0.3 is 0 Å². The topological polar surface area (TPSA) is 29.9 Å². The molecule has 3 heteroatoms. The fraction of sp³-hybridized carbons (Fsp3) is 0.500. The average molecular weight is 229 g/mol. The minimum atomic E-state index is 0.787.